The number of carbonyl (C=O) groups excluding carboxylic acids is 2. The molecule has 3 rings (SSSR count). The van der Waals surface area contributed by atoms with Crippen LogP contribution in [0.2, 0.25) is 5.02 Å². The van der Waals surface area contributed by atoms with Gasteiger partial charge in [-0.05, 0) is 43.3 Å². The van der Waals surface area contributed by atoms with Crippen LogP contribution < -0.4 is 9.64 Å². The van der Waals surface area contributed by atoms with E-state index in [9.17, 15) is 28.0 Å². The van der Waals surface area contributed by atoms with E-state index in [1.54, 1.807) is 37.3 Å². The predicted molar refractivity (Wildman–Crippen MR) is 130 cm³/mol. The second-order valence-corrected chi connectivity index (χ2v) is 8.06. The van der Waals surface area contributed by atoms with Gasteiger partial charge in [0.2, 0.25) is 0 Å². The molecule has 0 aliphatic heterocycles. The molecule has 0 radical (unpaired) electrons. The van der Waals surface area contributed by atoms with Gasteiger partial charge in [-0.25, -0.2) is 0 Å². The number of para-hydroxylation sites is 2. The number of anilines is 1. The van der Waals surface area contributed by atoms with Crippen molar-refractivity contribution >= 4 is 29.2 Å². The highest BCUT2D eigenvalue weighted by Crippen LogP contribution is 2.35. The van der Waals surface area contributed by atoms with Crippen molar-refractivity contribution in [1.29, 1.82) is 5.26 Å². The van der Waals surface area contributed by atoms with E-state index >= 15 is 0 Å². The number of ether oxygens (including phenoxy) is 2. The van der Waals surface area contributed by atoms with Gasteiger partial charge in [0.05, 0.1) is 37.0 Å². The molecule has 192 valence electrons. The van der Waals surface area contributed by atoms with Crippen LogP contribution in [-0.2, 0) is 15.7 Å². The lowest BCUT2D eigenvalue weighted by molar-refractivity contribution is -0.143. The fourth-order valence-electron chi connectivity index (χ4n) is 3.42. The van der Waals surface area contributed by atoms with E-state index in [1.807, 2.05) is 0 Å². The van der Waals surface area contributed by atoms with Crippen molar-refractivity contribution in [2.45, 2.75) is 19.5 Å². The first-order chi connectivity index (χ1) is 17.6. The third-order valence-electron chi connectivity index (χ3n) is 5.22. The Labute approximate surface area is 216 Å². The lowest BCUT2D eigenvalue weighted by Gasteiger charge is -2.21. The molecule has 0 aliphatic rings. The molecule has 1 aromatic heterocycles. The molecule has 11 heteroatoms. The van der Waals surface area contributed by atoms with Crippen LogP contribution in [0.25, 0.3) is 11.1 Å². The summed E-state index contributed by atoms with van der Waals surface area (Å²) in [4.78, 5) is 29.6. The number of aromatic nitrogens is 1. The molecule has 0 saturated carbocycles. The molecule has 37 heavy (non-hydrogen) atoms. The number of esters is 1. The van der Waals surface area contributed by atoms with Crippen LogP contribution in [-0.4, -0.2) is 37.1 Å². The minimum absolute atomic E-state index is 0.0305. The first-order valence-corrected chi connectivity index (χ1v) is 11.4. The van der Waals surface area contributed by atoms with Crippen molar-refractivity contribution in [3.63, 3.8) is 0 Å². The van der Waals surface area contributed by atoms with Gasteiger partial charge in [-0.3, -0.25) is 14.6 Å². The fourth-order valence-corrected chi connectivity index (χ4v) is 3.64. The van der Waals surface area contributed by atoms with Crippen molar-refractivity contribution < 1.29 is 32.2 Å². The van der Waals surface area contributed by atoms with Gasteiger partial charge < -0.3 is 14.4 Å². The molecular weight excluding hydrogens is 511 g/mol. The summed E-state index contributed by atoms with van der Waals surface area (Å²) >= 11 is 6.28. The predicted octanol–water partition coefficient (Wildman–Crippen LogP) is 5.90. The van der Waals surface area contributed by atoms with Gasteiger partial charge in [0, 0.05) is 35.0 Å². The molecule has 3 aromatic rings. The summed E-state index contributed by atoms with van der Waals surface area (Å²) < 4.78 is 49.7. The van der Waals surface area contributed by atoms with Crippen molar-refractivity contribution in [3.05, 3.63) is 76.6 Å². The number of benzene rings is 2. The number of amides is 1. The maximum atomic E-state index is 13.3. The van der Waals surface area contributed by atoms with Gasteiger partial charge >= 0.3 is 12.1 Å². The third kappa shape index (κ3) is 6.57. The van der Waals surface area contributed by atoms with E-state index in [0.29, 0.717) is 17.5 Å². The van der Waals surface area contributed by atoms with Crippen molar-refractivity contribution in [2.75, 3.05) is 25.2 Å². The van der Waals surface area contributed by atoms with Crippen molar-refractivity contribution in [2.24, 2.45) is 0 Å². The first-order valence-electron chi connectivity index (χ1n) is 11.0. The van der Waals surface area contributed by atoms with Gasteiger partial charge in [-0.1, -0.05) is 23.7 Å². The lowest BCUT2D eigenvalue weighted by atomic mass is 9.99. The molecule has 2 aromatic carbocycles. The summed E-state index contributed by atoms with van der Waals surface area (Å²) in [5, 5.41) is 9.56. The van der Waals surface area contributed by atoms with Crippen LogP contribution in [0.1, 0.15) is 35.0 Å². The Bertz CT molecular complexity index is 1360. The molecule has 7 nitrogen and oxygen atoms in total. The molecular formula is C26H21ClF3N3O4. The number of nitrogens with zero attached hydrogens (tertiary/aromatic N) is 3. The highest BCUT2D eigenvalue weighted by atomic mass is 35.5. The van der Waals surface area contributed by atoms with Gasteiger partial charge in [0.1, 0.15) is 11.4 Å². The Hall–Kier alpha value is -4.10. The summed E-state index contributed by atoms with van der Waals surface area (Å²) in [6.07, 6.45) is -3.78. The fraction of sp³-hybridized carbons (Fsp3) is 0.231. The number of hydrogen-bond acceptors (Lipinski definition) is 6. The van der Waals surface area contributed by atoms with E-state index in [4.69, 9.17) is 21.1 Å². The molecule has 0 atom stereocenters. The Kier molecular flexibility index (Phi) is 8.73. The smallest absolute Gasteiger partial charge is 0.433 e. The summed E-state index contributed by atoms with van der Waals surface area (Å²) in [6.45, 7) is 2.00. The van der Waals surface area contributed by atoms with Crippen molar-refractivity contribution in [3.8, 4) is 22.9 Å². The Balaban J connectivity index is 1.90. The number of hydrogen-bond donors (Lipinski definition) is 0. The first kappa shape index (κ1) is 27.5. The molecule has 0 aliphatic carbocycles. The van der Waals surface area contributed by atoms with Crippen LogP contribution in [0.5, 0.6) is 5.75 Å². The largest absolute Gasteiger partial charge is 0.491 e. The quantitative estimate of drug-likeness (QED) is 0.336. The Morgan fingerprint density at radius 2 is 1.86 bits per heavy atom. The SMILES string of the molecule is CCOC(=O)CCOc1ccccc1N(C)C(=O)c1ccc(Cl)c(-c2cnc(C(F)(F)F)cc2C#N)c1. The second kappa shape index (κ2) is 11.8. The average Bonchev–Trinajstić information content (AvgIpc) is 2.87. The summed E-state index contributed by atoms with van der Waals surface area (Å²) in [7, 11) is 1.52. The van der Waals surface area contributed by atoms with E-state index in [0.717, 1.165) is 6.20 Å². The zero-order valence-corrected chi connectivity index (χ0v) is 20.6. The molecule has 0 spiro atoms. The molecule has 0 unspecified atom stereocenters. The standard InChI is InChI=1S/C26H21ClF3N3O4/c1-3-36-24(34)10-11-37-22-7-5-4-6-21(22)33(2)25(35)16-8-9-20(27)18(12-16)19-15-32-23(26(28,29)30)13-17(19)14-31/h4-9,12-13,15H,3,10-11H2,1-2H3. The molecule has 0 N–H and O–H groups in total. The average molecular weight is 532 g/mol. The maximum Gasteiger partial charge on any atom is 0.433 e. The number of carbonyl (C=O) groups is 2. The van der Waals surface area contributed by atoms with Gasteiger partial charge in [0.25, 0.3) is 5.91 Å². The van der Waals surface area contributed by atoms with Gasteiger partial charge in [0.15, 0.2) is 0 Å². The third-order valence-corrected chi connectivity index (χ3v) is 5.55. The topological polar surface area (TPSA) is 92.5 Å². The molecule has 0 fully saturated rings. The van der Waals surface area contributed by atoms with E-state index in [-0.39, 0.29) is 46.9 Å². The summed E-state index contributed by atoms with van der Waals surface area (Å²) in [5.41, 5.74) is -0.690. The minimum atomic E-state index is -4.72. The van der Waals surface area contributed by atoms with E-state index in [2.05, 4.69) is 4.98 Å². The number of halogens is 4. The zero-order chi connectivity index (χ0) is 27.2. The molecule has 0 bridgehead atoms. The van der Waals surface area contributed by atoms with Crippen molar-refractivity contribution in [1.82, 2.24) is 4.98 Å². The molecule has 1 heterocycles. The number of rotatable bonds is 8. The van der Waals surface area contributed by atoms with Crippen LogP contribution >= 0.6 is 11.6 Å². The second-order valence-electron chi connectivity index (χ2n) is 7.65. The number of alkyl halides is 3. The number of nitriles is 1. The summed E-state index contributed by atoms with van der Waals surface area (Å²) in [6, 6.07) is 13.3. The maximum absolute atomic E-state index is 13.3. The highest BCUT2D eigenvalue weighted by molar-refractivity contribution is 6.33. The van der Waals surface area contributed by atoms with E-state index < -0.39 is 23.7 Å². The zero-order valence-electron chi connectivity index (χ0n) is 19.8. The normalized spacial score (nSPS) is 10.9. The lowest BCUT2D eigenvalue weighted by Crippen LogP contribution is -2.27. The highest BCUT2D eigenvalue weighted by Gasteiger charge is 2.33. The Morgan fingerprint density at radius 1 is 1.14 bits per heavy atom. The van der Waals surface area contributed by atoms with Crippen LogP contribution in [0.3, 0.4) is 0 Å². The van der Waals surface area contributed by atoms with Gasteiger partial charge in [-0.2, -0.15) is 18.4 Å². The van der Waals surface area contributed by atoms with Gasteiger partial charge in [-0.15, -0.1) is 0 Å². The number of pyridine rings is 1. The molecule has 0 saturated heterocycles. The van der Waals surface area contributed by atoms with Crippen LogP contribution in [0.15, 0.2) is 54.7 Å². The Morgan fingerprint density at radius 3 is 2.54 bits per heavy atom. The summed E-state index contributed by atoms with van der Waals surface area (Å²) in [5.74, 6) is -0.527. The monoisotopic (exact) mass is 531 g/mol. The van der Waals surface area contributed by atoms with Crippen LogP contribution in [0, 0.1) is 11.3 Å². The molecule has 1 amide bonds. The minimum Gasteiger partial charge on any atom is -0.491 e. The van der Waals surface area contributed by atoms with Crippen LogP contribution in [0.4, 0.5) is 18.9 Å². The van der Waals surface area contributed by atoms with E-state index in [1.165, 1.54) is 30.1 Å².